The minimum atomic E-state index is -0.588. The van der Waals surface area contributed by atoms with Crippen molar-refractivity contribution >= 4 is 17.0 Å². The van der Waals surface area contributed by atoms with Crippen molar-refractivity contribution in [2.45, 2.75) is 19.9 Å². The summed E-state index contributed by atoms with van der Waals surface area (Å²) in [7, 11) is 0. The predicted octanol–water partition coefficient (Wildman–Crippen LogP) is 3.90. The molecular formula is C12H12F2N2S. The molecule has 1 aromatic heterocycles. The third-order valence-electron chi connectivity index (χ3n) is 2.54. The summed E-state index contributed by atoms with van der Waals surface area (Å²) in [4.78, 5) is 4.11. The zero-order valence-electron chi connectivity index (χ0n) is 9.50. The van der Waals surface area contributed by atoms with E-state index in [2.05, 4.69) is 10.3 Å². The summed E-state index contributed by atoms with van der Waals surface area (Å²) in [5.41, 5.74) is 2.79. The largest absolute Gasteiger partial charge is 0.372 e. The zero-order chi connectivity index (χ0) is 12.4. The second kappa shape index (κ2) is 4.79. The van der Waals surface area contributed by atoms with Crippen molar-refractivity contribution in [3.8, 4) is 0 Å². The first-order valence-corrected chi connectivity index (χ1v) is 6.13. The van der Waals surface area contributed by atoms with E-state index in [1.54, 1.807) is 12.4 Å². The van der Waals surface area contributed by atoms with Crippen LogP contribution in [-0.4, -0.2) is 4.98 Å². The molecule has 1 aromatic carbocycles. The summed E-state index contributed by atoms with van der Waals surface area (Å²) in [5.74, 6) is -1.14. The first kappa shape index (κ1) is 12.0. The summed E-state index contributed by atoms with van der Waals surface area (Å²) in [6.45, 7) is 3.42. The third kappa shape index (κ3) is 2.44. The highest BCUT2D eigenvalue weighted by Gasteiger charge is 2.15. The number of hydrogen-bond donors (Lipinski definition) is 1. The van der Waals surface area contributed by atoms with Crippen molar-refractivity contribution in [2.75, 3.05) is 5.32 Å². The molecular weight excluding hydrogens is 242 g/mol. The van der Waals surface area contributed by atoms with Crippen molar-refractivity contribution in [1.29, 1.82) is 0 Å². The topological polar surface area (TPSA) is 24.9 Å². The first-order valence-electron chi connectivity index (χ1n) is 5.19. The normalized spacial score (nSPS) is 12.5. The van der Waals surface area contributed by atoms with Gasteiger partial charge in [0, 0.05) is 5.38 Å². The molecule has 0 bridgehead atoms. The lowest BCUT2D eigenvalue weighted by atomic mass is 10.1. The van der Waals surface area contributed by atoms with Gasteiger partial charge in [-0.1, -0.05) is 6.07 Å². The van der Waals surface area contributed by atoms with Crippen molar-refractivity contribution in [3.05, 3.63) is 45.9 Å². The van der Waals surface area contributed by atoms with E-state index in [9.17, 15) is 8.78 Å². The van der Waals surface area contributed by atoms with E-state index in [0.717, 1.165) is 5.69 Å². The zero-order valence-corrected chi connectivity index (χ0v) is 10.3. The number of nitrogens with zero attached hydrogens (tertiary/aromatic N) is 1. The molecule has 1 heterocycles. The molecule has 1 N–H and O–H groups in total. The number of aromatic nitrogens is 1. The maximum atomic E-state index is 13.7. The summed E-state index contributed by atoms with van der Waals surface area (Å²) in [6.07, 6.45) is 0. The van der Waals surface area contributed by atoms with Gasteiger partial charge >= 0.3 is 0 Å². The van der Waals surface area contributed by atoms with Gasteiger partial charge in [0.25, 0.3) is 0 Å². The van der Waals surface area contributed by atoms with Crippen LogP contribution in [0.4, 0.5) is 14.5 Å². The number of halogens is 2. The molecule has 2 nitrogen and oxygen atoms in total. The van der Waals surface area contributed by atoms with Gasteiger partial charge in [0.2, 0.25) is 0 Å². The molecule has 0 radical (unpaired) electrons. The Morgan fingerprint density at radius 1 is 1.35 bits per heavy atom. The fraction of sp³-hybridized carbons (Fsp3) is 0.250. The number of rotatable bonds is 3. The minimum Gasteiger partial charge on any atom is -0.372 e. The van der Waals surface area contributed by atoms with Gasteiger partial charge in [-0.25, -0.2) is 13.8 Å². The maximum Gasteiger partial charge on any atom is 0.152 e. The molecule has 90 valence electrons. The molecule has 5 heteroatoms. The minimum absolute atomic E-state index is 0.0921. The smallest absolute Gasteiger partial charge is 0.152 e. The monoisotopic (exact) mass is 254 g/mol. The van der Waals surface area contributed by atoms with E-state index < -0.39 is 11.6 Å². The van der Waals surface area contributed by atoms with E-state index in [1.807, 2.05) is 12.3 Å². The van der Waals surface area contributed by atoms with Crippen LogP contribution in [0.25, 0.3) is 0 Å². The molecule has 0 saturated carbocycles. The fourth-order valence-corrected chi connectivity index (χ4v) is 2.16. The molecule has 0 amide bonds. The van der Waals surface area contributed by atoms with Gasteiger partial charge in [-0.15, -0.1) is 11.3 Å². The van der Waals surface area contributed by atoms with Crippen LogP contribution >= 0.6 is 11.3 Å². The highest BCUT2D eigenvalue weighted by Crippen LogP contribution is 2.26. The van der Waals surface area contributed by atoms with Gasteiger partial charge in [-0.3, -0.25) is 0 Å². The van der Waals surface area contributed by atoms with Crippen LogP contribution in [0.3, 0.4) is 0 Å². The highest BCUT2D eigenvalue weighted by molar-refractivity contribution is 7.07. The van der Waals surface area contributed by atoms with Crippen LogP contribution in [0.2, 0.25) is 0 Å². The average Bonchev–Trinajstić information content (AvgIpc) is 2.83. The standard InChI is InChI=1S/C12H12F2N2S/c1-7-3-4-9(13)12(11(7)14)16-8(2)10-5-17-6-15-10/h3-6,8,16H,1-2H3. The van der Waals surface area contributed by atoms with E-state index in [-0.39, 0.29) is 11.7 Å². The number of anilines is 1. The number of nitrogens with one attached hydrogen (secondary N) is 1. The Balaban J connectivity index is 2.27. The lowest BCUT2D eigenvalue weighted by Crippen LogP contribution is -2.10. The first-order chi connectivity index (χ1) is 8.09. The van der Waals surface area contributed by atoms with Gasteiger partial charge in [0.1, 0.15) is 11.5 Å². The highest BCUT2D eigenvalue weighted by atomic mass is 32.1. The molecule has 0 aliphatic carbocycles. The number of thiazole rings is 1. The summed E-state index contributed by atoms with van der Waals surface area (Å²) >= 11 is 1.45. The van der Waals surface area contributed by atoms with Gasteiger partial charge in [-0.05, 0) is 25.5 Å². The Bertz CT molecular complexity index is 511. The van der Waals surface area contributed by atoms with Crippen molar-refractivity contribution in [3.63, 3.8) is 0 Å². The van der Waals surface area contributed by atoms with E-state index >= 15 is 0 Å². The Hall–Kier alpha value is -1.49. The number of aryl methyl sites for hydroxylation is 1. The number of benzene rings is 1. The molecule has 0 aliphatic heterocycles. The molecule has 2 rings (SSSR count). The molecule has 1 unspecified atom stereocenters. The summed E-state index contributed by atoms with van der Waals surface area (Å²) < 4.78 is 27.3. The molecule has 0 saturated heterocycles. The van der Waals surface area contributed by atoms with Gasteiger partial charge in [0.15, 0.2) is 5.82 Å². The fourth-order valence-electron chi connectivity index (χ4n) is 1.52. The van der Waals surface area contributed by atoms with Gasteiger partial charge in [-0.2, -0.15) is 0 Å². The van der Waals surface area contributed by atoms with Crippen LogP contribution < -0.4 is 5.32 Å². The lowest BCUT2D eigenvalue weighted by Gasteiger charge is -2.15. The Kier molecular flexibility index (Phi) is 3.38. The van der Waals surface area contributed by atoms with Crippen LogP contribution in [0.5, 0.6) is 0 Å². The Labute approximate surface area is 102 Å². The van der Waals surface area contributed by atoms with E-state index in [0.29, 0.717) is 5.56 Å². The molecule has 17 heavy (non-hydrogen) atoms. The second-order valence-electron chi connectivity index (χ2n) is 3.83. The predicted molar refractivity (Wildman–Crippen MR) is 65.2 cm³/mol. The van der Waals surface area contributed by atoms with Crippen LogP contribution in [0.15, 0.2) is 23.0 Å². The molecule has 1 atom stereocenters. The second-order valence-corrected chi connectivity index (χ2v) is 4.55. The van der Waals surface area contributed by atoms with Crippen molar-refractivity contribution in [1.82, 2.24) is 4.98 Å². The van der Waals surface area contributed by atoms with E-state index in [4.69, 9.17) is 0 Å². The van der Waals surface area contributed by atoms with Gasteiger partial charge < -0.3 is 5.32 Å². The SMILES string of the molecule is Cc1ccc(F)c(NC(C)c2cscn2)c1F. The molecule has 0 aliphatic rings. The molecule has 2 aromatic rings. The van der Waals surface area contributed by atoms with E-state index in [1.165, 1.54) is 23.5 Å². The van der Waals surface area contributed by atoms with Crippen molar-refractivity contribution in [2.24, 2.45) is 0 Å². The van der Waals surface area contributed by atoms with Crippen LogP contribution in [0.1, 0.15) is 24.2 Å². The quantitative estimate of drug-likeness (QED) is 0.898. The average molecular weight is 254 g/mol. The van der Waals surface area contributed by atoms with Crippen LogP contribution in [0, 0.1) is 18.6 Å². The lowest BCUT2D eigenvalue weighted by molar-refractivity contribution is 0.578. The van der Waals surface area contributed by atoms with Crippen molar-refractivity contribution < 1.29 is 8.78 Å². The maximum absolute atomic E-state index is 13.7. The molecule has 0 fully saturated rings. The number of hydrogen-bond acceptors (Lipinski definition) is 3. The van der Waals surface area contributed by atoms with Gasteiger partial charge in [0.05, 0.1) is 17.2 Å². The third-order valence-corrected chi connectivity index (χ3v) is 3.14. The van der Waals surface area contributed by atoms with Crippen LogP contribution in [-0.2, 0) is 0 Å². The Morgan fingerprint density at radius 2 is 2.12 bits per heavy atom. The molecule has 0 spiro atoms. The Morgan fingerprint density at radius 3 is 2.76 bits per heavy atom. The summed E-state index contributed by atoms with van der Waals surface area (Å²) in [6, 6.07) is 2.45. The summed E-state index contributed by atoms with van der Waals surface area (Å²) in [5, 5.41) is 4.67.